The van der Waals surface area contributed by atoms with Crippen molar-refractivity contribution in [2.45, 2.75) is 50.7 Å². The van der Waals surface area contributed by atoms with E-state index in [0.29, 0.717) is 16.5 Å². The van der Waals surface area contributed by atoms with Gasteiger partial charge in [-0.2, -0.15) is 5.26 Å². The van der Waals surface area contributed by atoms with Crippen LogP contribution in [0.15, 0.2) is 55.1 Å². The first kappa shape index (κ1) is 24.1. The monoisotopic (exact) mass is 516 g/mol. The highest BCUT2D eigenvalue weighted by atomic mass is 35.5. The molecule has 2 aromatic carbocycles. The van der Waals surface area contributed by atoms with Crippen molar-refractivity contribution >= 4 is 33.9 Å². The van der Waals surface area contributed by atoms with Gasteiger partial charge in [0, 0.05) is 49.9 Å². The van der Waals surface area contributed by atoms with Crippen LogP contribution in [-0.4, -0.2) is 37.5 Å². The minimum absolute atomic E-state index is 0.0745. The average molecular weight is 517 g/mol. The van der Waals surface area contributed by atoms with Crippen molar-refractivity contribution in [3.63, 3.8) is 0 Å². The molecule has 0 atom stereocenters. The van der Waals surface area contributed by atoms with Crippen LogP contribution in [0.25, 0.3) is 10.9 Å². The topological polar surface area (TPSA) is 64.5 Å². The van der Waals surface area contributed by atoms with Gasteiger partial charge in [0.2, 0.25) is 6.29 Å². The molecule has 0 unspecified atom stereocenters. The summed E-state index contributed by atoms with van der Waals surface area (Å²) >= 11 is 6.41. The minimum atomic E-state index is -0.0745. The van der Waals surface area contributed by atoms with Crippen molar-refractivity contribution in [3.8, 4) is 6.07 Å². The Bertz CT molecular complexity index is 1290. The molecule has 6 rings (SSSR count). The van der Waals surface area contributed by atoms with E-state index in [-0.39, 0.29) is 6.29 Å². The predicted octanol–water partition coefficient (Wildman–Crippen LogP) is 6.92. The number of H-pyrrole nitrogens is 1. The van der Waals surface area contributed by atoms with Gasteiger partial charge in [0.15, 0.2) is 0 Å². The van der Waals surface area contributed by atoms with Gasteiger partial charge in [-0.25, -0.2) is 0 Å². The van der Waals surface area contributed by atoms with E-state index in [1.54, 1.807) is 18.7 Å². The molecule has 0 bridgehead atoms. The van der Waals surface area contributed by atoms with Crippen LogP contribution in [0.5, 0.6) is 0 Å². The number of benzene rings is 2. The molecule has 0 amide bonds. The number of rotatable bonds is 6. The maximum Gasteiger partial charge on any atom is 0.239 e. The molecule has 1 aromatic heterocycles. The number of ether oxygens (including phenoxy) is 2. The lowest BCUT2D eigenvalue weighted by Crippen LogP contribution is -2.34. The number of anilines is 2. The second-order valence-electron chi connectivity index (χ2n) is 10.5. The van der Waals surface area contributed by atoms with Crippen LogP contribution in [-0.2, 0) is 9.47 Å². The molecule has 0 radical (unpaired) electrons. The number of fused-ring (bicyclic) bond motifs is 1. The Morgan fingerprint density at radius 2 is 1.59 bits per heavy atom. The van der Waals surface area contributed by atoms with Crippen LogP contribution in [0.3, 0.4) is 0 Å². The number of hydrogen-bond acceptors (Lipinski definition) is 5. The van der Waals surface area contributed by atoms with Crippen molar-refractivity contribution in [2.24, 2.45) is 5.92 Å². The fourth-order valence-electron chi connectivity index (χ4n) is 6.21. The Hall–Kier alpha value is -3.30. The van der Waals surface area contributed by atoms with Gasteiger partial charge in [0.1, 0.15) is 18.6 Å². The lowest BCUT2D eigenvalue weighted by atomic mass is 9.88. The summed E-state index contributed by atoms with van der Waals surface area (Å²) < 4.78 is 10.8. The summed E-state index contributed by atoms with van der Waals surface area (Å²) in [5.74, 6) is 1.33. The van der Waals surface area contributed by atoms with Gasteiger partial charge in [-0.1, -0.05) is 23.7 Å². The standard InChI is InChI=1S/C30H33ClN4O2/c31-26-6-7-27(30-29(26)24(19-32)20-33-30)35-15-11-23(12-16-35)22-2-4-25(5-3-22)34-13-9-21(10-14-34)1-8-28-36-17-18-37-28/h2-7,17-18,20-21,23,28,33H,1,8-16H2. The van der Waals surface area contributed by atoms with E-state index in [0.717, 1.165) is 67.9 Å². The molecule has 0 spiro atoms. The van der Waals surface area contributed by atoms with Gasteiger partial charge >= 0.3 is 0 Å². The number of hydrogen-bond donors (Lipinski definition) is 1. The highest BCUT2D eigenvalue weighted by Crippen LogP contribution is 2.37. The Balaban J connectivity index is 1.02. The minimum Gasteiger partial charge on any atom is -0.459 e. The second-order valence-corrected chi connectivity index (χ2v) is 10.9. The largest absolute Gasteiger partial charge is 0.459 e. The zero-order valence-electron chi connectivity index (χ0n) is 21.0. The molecule has 2 fully saturated rings. The number of piperidine rings is 2. The summed E-state index contributed by atoms with van der Waals surface area (Å²) in [6.07, 6.45) is 11.8. The lowest BCUT2D eigenvalue weighted by molar-refractivity contribution is -0.0324. The molecule has 6 nitrogen and oxygen atoms in total. The number of halogens is 1. The van der Waals surface area contributed by atoms with Crippen LogP contribution >= 0.6 is 11.6 Å². The quantitative estimate of drug-likeness (QED) is 0.385. The van der Waals surface area contributed by atoms with Crippen molar-refractivity contribution in [1.29, 1.82) is 5.26 Å². The second kappa shape index (κ2) is 10.6. The van der Waals surface area contributed by atoms with E-state index >= 15 is 0 Å². The number of nitrogens with one attached hydrogen (secondary N) is 1. The fraction of sp³-hybridized carbons (Fsp3) is 0.433. The summed E-state index contributed by atoms with van der Waals surface area (Å²) in [7, 11) is 0. The average Bonchev–Trinajstić information content (AvgIpc) is 3.64. The molecule has 1 N–H and O–H groups in total. The van der Waals surface area contributed by atoms with Gasteiger partial charge in [0.25, 0.3) is 0 Å². The predicted molar refractivity (Wildman–Crippen MR) is 148 cm³/mol. The molecule has 192 valence electrons. The Morgan fingerprint density at radius 3 is 2.30 bits per heavy atom. The first-order valence-electron chi connectivity index (χ1n) is 13.4. The zero-order valence-corrected chi connectivity index (χ0v) is 21.8. The van der Waals surface area contributed by atoms with Crippen LogP contribution in [0, 0.1) is 17.2 Å². The molecule has 2 saturated heterocycles. The Morgan fingerprint density at radius 1 is 0.892 bits per heavy atom. The highest BCUT2D eigenvalue weighted by Gasteiger charge is 2.25. The molecule has 0 aliphatic carbocycles. The lowest BCUT2D eigenvalue weighted by Gasteiger charge is -2.35. The van der Waals surface area contributed by atoms with Crippen LogP contribution in [0.4, 0.5) is 11.4 Å². The normalized spacial score (nSPS) is 19.2. The first-order chi connectivity index (χ1) is 18.2. The summed E-state index contributed by atoms with van der Waals surface area (Å²) in [4.78, 5) is 8.24. The van der Waals surface area contributed by atoms with Gasteiger partial charge in [0.05, 0.1) is 21.8 Å². The van der Waals surface area contributed by atoms with Gasteiger partial charge in [-0.3, -0.25) is 0 Å². The maximum absolute atomic E-state index is 9.43. The molecule has 7 heteroatoms. The van der Waals surface area contributed by atoms with E-state index in [1.807, 2.05) is 6.07 Å². The van der Waals surface area contributed by atoms with Gasteiger partial charge < -0.3 is 24.3 Å². The third kappa shape index (κ3) is 4.98. The van der Waals surface area contributed by atoms with E-state index < -0.39 is 0 Å². The number of aromatic nitrogens is 1. The van der Waals surface area contributed by atoms with E-state index in [2.05, 4.69) is 51.2 Å². The van der Waals surface area contributed by atoms with Crippen LogP contribution in [0.2, 0.25) is 5.02 Å². The summed E-state index contributed by atoms with van der Waals surface area (Å²) in [5, 5.41) is 10.9. The summed E-state index contributed by atoms with van der Waals surface area (Å²) in [5.41, 5.74) is 5.49. The van der Waals surface area contributed by atoms with Crippen LogP contribution < -0.4 is 9.80 Å². The molecule has 3 aromatic rings. The number of nitrogens with zero attached hydrogens (tertiary/aromatic N) is 3. The smallest absolute Gasteiger partial charge is 0.239 e. The highest BCUT2D eigenvalue weighted by molar-refractivity contribution is 6.36. The third-order valence-corrected chi connectivity index (χ3v) is 8.70. The molecule has 3 aliphatic heterocycles. The van der Waals surface area contributed by atoms with Crippen molar-refractivity contribution in [2.75, 3.05) is 36.0 Å². The van der Waals surface area contributed by atoms with Crippen molar-refractivity contribution < 1.29 is 9.47 Å². The molecule has 37 heavy (non-hydrogen) atoms. The van der Waals surface area contributed by atoms with Gasteiger partial charge in [-0.05, 0) is 73.8 Å². The first-order valence-corrected chi connectivity index (χ1v) is 13.8. The fourth-order valence-corrected chi connectivity index (χ4v) is 6.47. The Labute approximate surface area is 223 Å². The van der Waals surface area contributed by atoms with Crippen LogP contribution in [0.1, 0.15) is 55.6 Å². The van der Waals surface area contributed by atoms with Crippen molar-refractivity contribution in [3.05, 3.63) is 71.3 Å². The maximum atomic E-state index is 9.43. The SMILES string of the molecule is N#Cc1c[nH]c2c(N3CCC(c4ccc(N5CCC(CCC6OC=CO6)CC5)cc4)CC3)ccc(Cl)c12. The van der Waals surface area contributed by atoms with E-state index in [9.17, 15) is 5.26 Å². The molecule has 4 heterocycles. The number of nitriles is 1. The number of aromatic amines is 1. The molecular weight excluding hydrogens is 484 g/mol. The summed E-state index contributed by atoms with van der Waals surface area (Å²) in [6, 6.07) is 15.6. The zero-order chi connectivity index (χ0) is 25.2. The van der Waals surface area contributed by atoms with Gasteiger partial charge in [-0.15, -0.1) is 0 Å². The summed E-state index contributed by atoms with van der Waals surface area (Å²) in [6.45, 7) is 4.22. The molecule has 3 aliphatic rings. The Kier molecular flexibility index (Phi) is 6.89. The third-order valence-electron chi connectivity index (χ3n) is 8.39. The van der Waals surface area contributed by atoms with E-state index in [4.69, 9.17) is 21.1 Å². The van der Waals surface area contributed by atoms with Crippen molar-refractivity contribution in [1.82, 2.24) is 4.98 Å². The van der Waals surface area contributed by atoms with E-state index in [1.165, 1.54) is 30.5 Å². The molecular formula is C30H33ClN4O2. The molecule has 0 saturated carbocycles.